The number of hydrogen-bond donors (Lipinski definition) is 0. The fraction of sp³-hybridized carbons (Fsp3) is 0.545. The van der Waals surface area contributed by atoms with Crippen LogP contribution in [0.15, 0.2) is 12.3 Å². The zero-order valence-electron chi connectivity index (χ0n) is 8.70. The fourth-order valence-corrected chi connectivity index (χ4v) is 1.31. The van der Waals surface area contributed by atoms with Crippen LogP contribution in [0.1, 0.15) is 44.1 Å². The number of rotatable bonds is 4. The normalized spacial score (nSPS) is 12.1. The summed E-state index contributed by atoms with van der Waals surface area (Å²) in [4.78, 5) is 8.50. The highest BCUT2D eigenvalue weighted by Gasteiger charge is 2.10. The van der Waals surface area contributed by atoms with Crippen LogP contribution in [0.25, 0.3) is 0 Å². The molecule has 0 spiro atoms. The number of hydrogen-bond acceptors (Lipinski definition) is 3. The van der Waals surface area contributed by atoms with Crippen molar-refractivity contribution in [2.75, 3.05) is 0 Å². The van der Waals surface area contributed by atoms with Crippen molar-refractivity contribution in [3.8, 4) is 6.07 Å². The van der Waals surface area contributed by atoms with E-state index in [9.17, 15) is 0 Å². The Morgan fingerprint density at radius 2 is 2.29 bits per heavy atom. The van der Waals surface area contributed by atoms with E-state index in [-0.39, 0.29) is 5.92 Å². The molecule has 0 aliphatic carbocycles. The molecular weight excluding hydrogens is 174 g/mol. The zero-order chi connectivity index (χ0) is 10.4. The molecule has 1 unspecified atom stereocenters. The van der Waals surface area contributed by atoms with E-state index in [2.05, 4.69) is 23.0 Å². The fourth-order valence-electron chi connectivity index (χ4n) is 1.31. The van der Waals surface area contributed by atoms with Crippen molar-refractivity contribution in [3.05, 3.63) is 23.8 Å². The third-order valence-electron chi connectivity index (χ3n) is 2.11. The van der Waals surface area contributed by atoms with Gasteiger partial charge in [-0.15, -0.1) is 0 Å². The predicted molar refractivity (Wildman–Crippen MR) is 54.7 cm³/mol. The Kier molecular flexibility index (Phi) is 4.06. The monoisotopic (exact) mass is 189 g/mol. The van der Waals surface area contributed by atoms with Crippen molar-refractivity contribution in [2.24, 2.45) is 0 Å². The maximum absolute atomic E-state index is 8.87. The van der Waals surface area contributed by atoms with E-state index in [0.717, 1.165) is 25.0 Å². The molecule has 0 saturated carbocycles. The summed E-state index contributed by atoms with van der Waals surface area (Å²) in [6, 6.07) is 4.13. The Balaban J connectivity index is 2.88. The Morgan fingerprint density at radius 3 is 2.86 bits per heavy atom. The van der Waals surface area contributed by atoms with Gasteiger partial charge in [-0.25, -0.2) is 9.97 Å². The Bertz CT molecular complexity index is 328. The average Bonchev–Trinajstić information content (AvgIpc) is 2.21. The van der Waals surface area contributed by atoms with E-state index in [0.29, 0.717) is 5.82 Å². The molecule has 0 N–H and O–H groups in total. The second-order valence-electron chi connectivity index (χ2n) is 3.25. The lowest BCUT2D eigenvalue weighted by Crippen LogP contribution is -2.03. The third-order valence-corrected chi connectivity index (χ3v) is 2.11. The second kappa shape index (κ2) is 5.33. The highest BCUT2D eigenvalue weighted by atomic mass is 14.9. The lowest BCUT2D eigenvalue weighted by atomic mass is 10.1. The first kappa shape index (κ1) is 10.6. The first-order chi connectivity index (χ1) is 6.81. The first-order valence-electron chi connectivity index (χ1n) is 5.03. The molecule has 3 heteroatoms. The summed E-state index contributed by atoms with van der Waals surface area (Å²) >= 11 is 0. The van der Waals surface area contributed by atoms with E-state index >= 15 is 0 Å². The lowest BCUT2D eigenvalue weighted by molar-refractivity contribution is 0.731. The second-order valence-corrected chi connectivity index (χ2v) is 3.25. The minimum absolute atomic E-state index is 0.160. The maximum atomic E-state index is 8.87. The van der Waals surface area contributed by atoms with Crippen molar-refractivity contribution >= 4 is 0 Å². The molecule has 1 heterocycles. The Labute approximate surface area is 84.8 Å². The van der Waals surface area contributed by atoms with Crippen LogP contribution in [-0.4, -0.2) is 9.97 Å². The summed E-state index contributed by atoms with van der Waals surface area (Å²) < 4.78 is 0. The summed E-state index contributed by atoms with van der Waals surface area (Å²) in [6.45, 7) is 4.09. The average molecular weight is 189 g/mol. The summed E-state index contributed by atoms with van der Waals surface area (Å²) in [6.07, 6.45) is 4.54. The van der Waals surface area contributed by atoms with E-state index in [1.54, 1.807) is 6.20 Å². The van der Waals surface area contributed by atoms with Gasteiger partial charge >= 0.3 is 0 Å². The summed E-state index contributed by atoms with van der Waals surface area (Å²) in [5.41, 5.74) is 1.03. The highest BCUT2D eigenvalue weighted by molar-refractivity contribution is 5.11. The Morgan fingerprint density at radius 1 is 1.50 bits per heavy atom. The van der Waals surface area contributed by atoms with Gasteiger partial charge < -0.3 is 0 Å². The Hall–Kier alpha value is -1.43. The topological polar surface area (TPSA) is 49.6 Å². The van der Waals surface area contributed by atoms with Gasteiger partial charge in [0.05, 0.1) is 6.07 Å². The minimum Gasteiger partial charge on any atom is -0.240 e. The molecule has 0 fully saturated rings. The van der Waals surface area contributed by atoms with Gasteiger partial charge in [0.15, 0.2) is 0 Å². The number of aryl methyl sites for hydroxylation is 1. The van der Waals surface area contributed by atoms with Gasteiger partial charge in [-0.1, -0.05) is 20.3 Å². The third kappa shape index (κ3) is 2.53. The molecule has 0 bridgehead atoms. The van der Waals surface area contributed by atoms with Crippen LogP contribution in [0.2, 0.25) is 0 Å². The minimum atomic E-state index is -0.160. The summed E-state index contributed by atoms with van der Waals surface area (Å²) in [5.74, 6) is 0.507. The summed E-state index contributed by atoms with van der Waals surface area (Å²) in [5, 5.41) is 8.87. The highest BCUT2D eigenvalue weighted by Crippen LogP contribution is 2.14. The molecule has 74 valence electrons. The van der Waals surface area contributed by atoms with Crippen LogP contribution >= 0.6 is 0 Å². The van der Waals surface area contributed by atoms with Crippen LogP contribution in [-0.2, 0) is 6.42 Å². The lowest BCUT2D eigenvalue weighted by Gasteiger charge is -2.05. The molecule has 1 rings (SSSR count). The molecule has 0 aliphatic rings. The van der Waals surface area contributed by atoms with Crippen LogP contribution in [0.5, 0.6) is 0 Å². The van der Waals surface area contributed by atoms with Crippen LogP contribution < -0.4 is 0 Å². The largest absolute Gasteiger partial charge is 0.240 e. The number of nitriles is 1. The molecule has 0 saturated heterocycles. The van der Waals surface area contributed by atoms with Crippen LogP contribution in [0.4, 0.5) is 0 Å². The van der Waals surface area contributed by atoms with Crippen molar-refractivity contribution < 1.29 is 0 Å². The van der Waals surface area contributed by atoms with Gasteiger partial charge in [0.25, 0.3) is 0 Å². The quantitative estimate of drug-likeness (QED) is 0.731. The molecule has 3 nitrogen and oxygen atoms in total. The zero-order valence-corrected chi connectivity index (χ0v) is 8.70. The summed E-state index contributed by atoms with van der Waals surface area (Å²) in [7, 11) is 0. The molecule has 0 aliphatic heterocycles. The van der Waals surface area contributed by atoms with Gasteiger partial charge in [-0.2, -0.15) is 5.26 Å². The van der Waals surface area contributed by atoms with Gasteiger partial charge in [-0.05, 0) is 18.9 Å². The first-order valence-corrected chi connectivity index (χ1v) is 5.03. The molecule has 1 aromatic rings. The molecule has 0 radical (unpaired) electrons. The number of aromatic nitrogens is 2. The van der Waals surface area contributed by atoms with E-state index in [4.69, 9.17) is 5.26 Å². The van der Waals surface area contributed by atoms with E-state index in [1.807, 2.05) is 13.0 Å². The van der Waals surface area contributed by atoms with Crippen LogP contribution in [0, 0.1) is 11.3 Å². The van der Waals surface area contributed by atoms with E-state index in [1.165, 1.54) is 0 Å². The molecule has 0 amide bonds. The van der Waals surface area contributed by atoms with Crippen molar-refractivity contribution in [3.63, 3.8) is 0 Å². The molecule has 14 heavy (non-hydrogen) atoms. The molecule has 0 aromatic carbocycles. The standard InChI is InChI=1S/C11H15N3/c1-3-5-10-6-7-13-11(14-10)9(4-2)8-12/h6-7,9H,3-5H2,1-2H3. The SMILES string of the molecule is CCCc1ccnc(C(C#N)CC)n1. The van der Waals surface area contributed by atoms with Gasteiger partial charge in [-0.3, -0.25) is 0 Å². The van der Waals surface area contributed by atoms with Gasteiger partial charge in [0, 0.05) is 11.9 Å². The van der Waals surface area contributed by atoms with Gasteiger partial charge in [0.1, 0.15) is 11.7 Å². The van der Waals surface area contributed by atoms with Crippen molar-refractivity contribution in [1.29, 1.82) is 5.26 Å². The van der Waals surface area contributed by atoms with E-state index < -0.39 is 0 Å². The number of nitrogens with zero attached hydrogens (tertiary/aromatic N) is 3. The smallest absolute Gasteiger partial charge is 0.145 e. The predicted octanol–water partition coefficient (Wildman–Crippen LogP) is 2.45. The van der Waals surface area contributed by atoms with Gasteiger partial charge in [0.2, 0.25) is 0 Å². The molecule has 1 aromatic heterocycles. The molecule has 1 atom stereocenters. The van der Waals surface area contributed by atoms with Crippen LogP contribution in [0.3, 0.4) is 0 Å². The molecular formula is C11H15N3. The van der Waals surface area contributed by atoms with Crippen molar-refractivity contribution in [1.82, 2.24) is 9.97 Å². The van der Waals surface area contributed by atoms with Crippen molar-refractivity contribution in [2.45, 2.75) is 39.0 Å². The maximum Gasteiger partial charge on any atom is 0.145 e.